The predicted octanol–water partition coefficient (Wildman–Crippen LogP) is 4.78. The first-order valence-corrected chi connectivity index (χ1v) is 13.3. The number of rotatable bonds is 10. The molecule has 1 saturated heterocycles. The van der Waals surface area contributed by atoms with Gasteiger partial charge in [-0.25, -0.2) is 0 Å². The lowest BCUT2D eigenvalue weighted by molar-refractivity contribution is 0.174. The molecule has 0 aliphatic carbocycles. The van der Waals surface area contributed by atoms with Crippen molar-refractivity contribution >= 4 is 22.9 Å². The summed E-state index contributed by atoms with van der Waals surface area (Å²) in [6.07, 6.45) is 8.32. The summed E-state index contributed by atoms with van der Waals surface area (Å²) >= 11 is 1.29. The normalized spacial score (nSPS) is 17.5. The molecule has 2 aliphatic rings. The van der Waals surface area contributed by atoms with Gasteiger partial charge in [0.05, 0.1) is 0 Å². The van der Waals surface area contributed by atoms with Crippen molar-refractivity contribution in [1.29, 1.82) is 0 Å². The van der Waals surface area contributed by atoms with Gasteiger partial charge in [0.15, 0.2) is 11.5 Å². The number of thioether (sulfide) groups is 1. The summed E-state index contributed by atoms with van der Waals surface area (Å²) < 4.78 is 23.0. The largest absolute Gasteiger partial charge is 0.616 e. The third-order valence-electron chi connectivity index (χ3n) is 4.95. The molecule has 0 aromatic heterocycles. The van der Waals surface area contributed by atoms with Gasteiger partial charge < -0.3 is 19.3 Å². The standard InChI is InChI=1S/C18H28O3S.C4H9NS/c1-3-4-5-6-7-8-11-22(19)15(2)12-16-9-10-17-18(13-16)21-14-20-17;1-3-6-4-2-5-1/h9-10,13,15H,3-8,11-12,14H2,1-2H3;5H,1-4H2. The zero-order chi connectivity index (χ0) is 20.0. The van der Waals surface area contributed by atoms with E-state index in [0.29, 0.717) is 6.79 Å². The quantitative estimate of drug-likeness (QED) is 0.430. The Morgan fingerprint density at radius 1 is 1.07 bits per heavy atom. The van der Waals surface area contributed by atoms with Gasteiger partial charge in [0.1, 0.15) is 11.0 Å². The van der Waals surface area contributed by atoms with Crippen LogP contribution < -0.4 is 14.8 Å². The van der Waals surface area contributed by atoms with Gasteiger partial charge in [-0.1, -0.05) is 49.8 Å². The van der Waals surface area contributed by atoms with E-state index in [9.17, 15) is 4.55 Å². The third kappa shape index (κ3) is 9.29. The lowest BCUT2D eigenvalue weighted by Gasteiger charge is -2.18. The number of hydrogen-bond donors (Lipinski definition) is 1. The lowest BCUT2D eigenvalue weighted by atomic mass is 10.1. The number of hydrogen-bond acceptors (Lipinski definition) is 5. The number of unbranched alkanes of at least 4 members (excludes halogenated alkanes) is 5. The highest BCUT2D eigenvalue weighted by Crippen LogP contribution is 2.33. The number of fused-ring (bicyclic) bond motifs is 1. The summed E-state index contributed by atoms with van der Waals surface area (Å²) in [6.45, 7) is 7.04. The Hall–Kier alpha value is -0.560. The Kier molecular flexibility index (Phi) is 12.2. The van der Waals surface area contributed by atoms with Gasteiger partial charge in [-0.2, -0.15) is 11.8 Å². The minimum Gasteiger partial charge on any atom is -0.616 e. The highest BCUT2D eigenvalue weighted by Gasteiger charge is 2.19. The first-order chi connectivity index (χ1) is 13.7. The summed E-state index contributed by atoms with van der Waals surface area (Å²) in [6, 6.07) is 6.01. The van der Waals surface area contributed by atoms with Crippen LogP contribution >= 0.6 is 11.8 Å². The van der Waals surface area contributed by atoms with E-state index in [2.05, 4.69) is 19.2 Å². The van der Waals surface area contributed by atoms with E-state index in [1.807, 2.05) is 30.0 Å². The Morgan fingerprint density at radius 3 is 2.46 bits per heavy atom. The average molecular weight is 428 g/mol. The predicted molar refractivity (Wildman–Crippen MR) is 122 cm³/mol. The van der Waals surface area contributed by atoms with E-state index >= 15 is 0 Å². The molecule has 3 rings (SSSR count). The van der Waals surface area contributed by atoms with E-state index in [1.54, 1.807) is 0 Å². The molecule has 1 N–H and O–H groups in total. The van der Waals surface area contributed by atoms with Gasteiger partial charge >= 0.3 is 0 Å². The van der Waals surface area contributed by atoms with E-state index in [4.69, 9.17) is 9.47 Å². The Morgan fingerprint density at radius 2 is 1.79 bits per heavy atom. The first-order valence-electron chi connectivity index (χ1n) is 10.7. The van der Waals surface area contributed by atoms with Crippen LogP contribution in [0.4, 0.5) is 0 Å². The van der Waals surface area contributed by atoms with Crippen molar-refractivity contribution in [3.8, 4) is 11.5 Å². The smallest absolute Gasteiger partial charge is 0.231 e. The molecule has 1 aromatic rings. The first kappa shape index (κ1) is 23.7. The fraction of sp³-hybridized carbons (Fsp3) is 0.727. The maximum absolute atomic E-state index is 12.3. The molecule has 4 nitrogen and oxygen atoms in total. The fourth-order valence-corrected chi connectivity index (χ4v) is 5.29. The van der Waals surface area contributed by atoms with Crippen LogP contribution in [0.3, 0.4) is 0 Å². The second-order valence-electron chi connectivity index (χ2n) is 7.42. The number of ether oxygens (including phenoxy) is 2. The van der Waals surface area contributed by atoms with Crippen LogP contribution in [0.2, 0.25) is 0 Å². The summed E-state index contributed by atoms with van der Waals surface area (Å²) in [5.74, 6) is 5.06. The van der Waals surface area contributed by atoms with Crippen molar-refractivity contribution < 1.29 is 14.0 Å². The van der Waals surface area contributed by atoms with E-state index < -0.39 is 11.2 Å². The third-order valence-corrected chi connectivity index (χ3v) is 7.70. The number of benzene rings is 1. The highest BCUT2D eigenvalue weighted by atomic mass is 32.2. The second-order valence-corrected chi connectivity index (χ2v) is 10.6. The molecule has 1 aromatic carbocycles. The van der Waals surface area contributed by atoms with Gasteiger partial charge in [0, 0.05) is 31.0 Å². The zero-order valence-corrected chi connectivity index (χ0v) is 19.2. The summed E-state index contributed by atoms with van der Waals surface area (Å²) in [4.78, 5) is 0. The van der Waals surface area contributed by atoms with E-state index in [1.165, 1.54) is 62.3 Å². The second kappa shape index (κ2) is 14.4. The van der Waals surface area contributed by atoms with Crippen molar-refractivity contribution in [1.82, 2.24) is 5.32 Å². The van der Waals surface area contributed by atoms with Gasteiger partial charge in [-0.05, 0) is 37.5 Å². The summed E-state index contributed by atoms with van der Waals surface area (Å²) in [7, 11) is 0. The molecule has 0 bridgehead atoms. The van der Waals surface area contributed by atoms with Crippen molar-refractivity contribution in [2.45, 2.75) is 64.0 Å². The molecular weight excluding hydrogens is 390 g/mol. The lowest BCUT2D eigenvalue weighted by Crippen LogP contribution is -2.24. The monoisotopic (exact) mass is 427 g/mol. The summed E-state index contributed by atoms with van der Waals surface area (Å²) in [5.41, 5.74) is 1.17. The van der Waals surface area contributed by atoms with Gasteiger partial charge in [0.25, 0.3) is 0 Å². The Labute approximate surface area is 178 Å². The molecule has 2 aliphatic heterocycles. The average Bonchev–Trinajstić information content (AvgIpc) is 3.20. The molecule has 28 heavy (non-hydrogen) atoms. The molecule has 0 amide bonds. The van der Waals surface area contributed by atoms with Crippen molar-refractivity contribution in [2.24, 2.45) is 0 Å². The van der Waals surface area contributed by atoms with E-state index in [0.717, 1.165) is 30.1 Å². The van der Waals surface area contributed by atoms with Crippen molar-refractivity contribution in [2.75, 3.05) is 37.1 Å². The van der Waals surface area contributed by atoms with Gasteiger partial charge in [0.2, 0.25) is 6.79 Å². The zero-order valence-electron chi connectivity index (χ0n) is 17.5. The minimum atomic E-state index is -0.743. The van der Waals surface area contributed by atoms with Gasteiger partial charge in [-0.15, -0.1) is 0 Å². The van der Waals surface area contributed by atoms with Crippen LogP contribution in [0.1, 0.15) is 57.9 Å². The maximum Gasteiger partial charge on any atom is 0.231 e. The molecule has 1 fully saturated rings. The van der Waals surface area contributed by atoms with Crippen molar-refractivity contribution in [3.05, 3.63) is 23.8 Å². The molecular formula is C22H37NO3S2. The van der Waals surface area contributed by atoms with Crippen LogP contribution in [-0.4, -0.2) is 46.9 Å². The molecule has 0 radical (unpaired) electrons. The SMILES string of the molecule is C1CSCCN1.CCCCCCCC[S+]([O-])C(C)Cc1ccc2c(c1)OCO2. The van der Waals surface area contributed by atoms with Crippen LogP contribution in [0.15, 0.2) is 18.2 Å². The van der Waals surface area contributed by atoms with E-state index in [-0.39, 0.29) is 5.25 Å². The number of nitrogens with one attached hydrogen (secondary N) is 1. The van der Waals surface area contributed by atoms with Crippen LogP contribution in [0, 0.1) is 0 Å². The van der Waals surface area contributed by atoms with Crippen LogP contribution in [-0.2, 0) is 17.6 Å². The minimum absolute atomic E-state index is 0.191. The molecule has 0 spiro atoms. The topological polar surface area (TPSA) is 53.5 Å². The highest BCUT2D eigenvalue weighted by molar-refractivity contribution is 7.99. The fourth-order valence-electron chi connectivity index (χ4n) is 3.23. The molecule has 0 saturated carbocycles. The molecule has 2 unspecified atom stereocenters. The molecule has 6 heteroatoms. The summed E-state index contributed by atoms with van der Waals surface area (Å²) in [5, 5.41) is 3.45. The van der Waals surface area contributed by atoms with Crippen LogP contribution in [0.5, 0.6) is 11.5 Å². The van der Waals surface area contributed by atoms with Crippen LogP contribution in [0.25, 0.3) is 0 Å². The Balaban J connectivity index is 0.000000397. The maximum atomic E-state index is 12.3. The molecule has 2 atom stereocenters. The molecule has 2 heterocycles. The molecule has 160 valence electrons. The Bertz CT molecular complexity index is 529. The van der Waals surface area contributed by atoms with Crippen molar-refractivity contribution in [3.63, 3.8) is 0 Å². The van der Waals surface area contributed by atoms with Gasteiger partial charge in [-0.3, -0.25) is 0 Å².